The quantitative estimate of drug-likeness (QED) is 0.0761. The van der Waals surface area contributed by atoms with Crippen molar-refractivity contribution in [3.8, 4) is 0 Å². The van der Waals surface area contributed by atoms with Gasteiger partial charge in [0.25, 0.3) is 0 Å². The highest BCUT2D eigenvalue weighted by molar-refractivity contribution is 5.94. The number of carboxylic acids is 1. The van der Waals surface area contributed by atoms with Crippen molar-refractivity contribution in [2.24, 2.45) is 34.0 Å². The summed E-state index contributed by atoms with van der Waals surface area (Å²) in [5.41, 5.74) is 16.3. The summed E-state index contributed by atoms with van der Waals surface area (Å²) >= 11 is 0. The van der Waals surface area contributed by atoms with Crippen LogP contribution >= 0.6 is 0 Å². The highest BCUT2D eigenvalue weighted by Crippen LogP contribution is 2.08. The lowest BCUT2D eigenvalue weighted by Gasteiger charge is -2.28. The van der Waals surface area contributed by atoms with Gasteiger partial charge in [-0.25, -0.2) is 4.79 Å². The summed E-state index contributed by atoms with van der Waals surface area (Å²) in [5.74, 6) is -4.23. The number of aliphatic hydroxyl groups excluding tert-OH is 1. The monoisotopic (exact) mass is 473 g/mol. The van der Waals surface area contributed by atoms with Crippen molar-refractivity contribution in [2.75, 3.05) is 6.54 Å². The number of aliphatic hydroxyl groups is 1. The molecule has 5 atom stereocenters. The zero-order chi connectivity index (χ0) is 25.9. The number of rotatable bonds is 14. The van der Waals surface area contributed by atoms with Crippen molar-refractivity contribution in [1.82, 2.24) is 16.0 Å². The molecule has 0 aliphatic rings. The topological polar surface area (TPSA) is 235 Å². The summed E-state index contributed by atoms with van der Waals surface area (Å²) < 4.78 is 0. The molecule has 0 heterocycles. The Morgan fingerprint density at radius 2 is 1.27 bits per heavy atom. The second-order valence-electron chi connectivity index (χ2n) is 8.58. The van der Waals surface area contributed by atoms with E-state index in [4.69, 9.17) is 17.2 Å². The molecule has 5 unspecified atom stereocenters. The number of amides is 3. The molecule has 0 radical (unpaired) electrons. The van der Waals surface area contributed by atoms with Gasteiger partial charge >= 0.3 is 5.97 Å². The predicted octanol–water partition coefficient (Wildman–Crippen LogP) is -2.40. The van der Waals surface area contributed by atoms with E-state index >= 15 is 0 Å². The van der Waals surface area contributed by atoms with Crippen LogP contribution in [0.25, 0.3) is 0 Å². The smallest absolute Gasteiger partial charge is 0.326 e. The Kier molecular flexibility index (Phi) is 13.0. The van der Waals surface area contributed by atoms with Gasteiger partial charge < -0.3 is 43.4 Å². The molecule has 0 aromatic heterocycles. The van der Waals surface area contributed by atoms with Gasteiger partial charge in [-0.05, 0) is 31.6 Å². The Balaban J connectivity index is 5.22. The van der Waals surface area contributed by atoms with E-state index < -0.39 is 59.9 Å². The molecule has 0 aromatic carbocycles. The molecule has 33 heavy (non-hydrogen) atoms. The van der Waals surface area contributed by atoms with Crippen LogP contribution in [0, 0.1) is 11.8 Å². The number of nitrogens with zero attached hydrogens (tertiary/aromatic N) is 1. The zero-order valence-corrected chi connectivity index (χ0v) is 19.9. The highest BCUT2D eigenvalue weighted by atomic mass is 16.4. The van der Waals surface area contributed by atoms with E-state index in [0.29, 0.717) is 6.42 Å². The fourth-order valence-electron chi connectivity index (χ4n) is 2.85. The number of aliphatic imine (C=N–C) groups is 1. The number of hydrogen-bond acceptors (Lipinski definition) is 7. The number of nitrogens with two attached hydrogens (primary N) is 3. The van der Waals surface area contributed by atoms with Crippen molar-refractivity contribution in [3.63, 3.8) is 0 Å². The molecule has 0 rings (SSSR count). The molecule has 0 fully saturated rings. The number of guanidine groups is 1. The third-order valence-electron chi connectivity index (χ3n) is 4.84. The minimum atomic E-state index is -1.38. The maximum absolute atomic E-state index is 12.8. The van der Waals surface area contributed by atoms with Gasteiger partial charge in [0, 0.05) is 6.54 Å². The van der Waals surface area contributed by atoms with Gasteiger partial charge in [0.1, 0.15) is 18.1 Å². The standard InChI is InChI=1S/C20H39N7O6/c1-9(2)13(17(30)26-14(10(3)4)19(32)33)25-18(31)15(11(5)28)27-16(29)12(21)7-6-8-24-20(22)23/h9-15,28H,6-8,21H2,1-5H3,(H,25,31)(H,26,30)(H,27,29)(H,32,33)(H4,22,23,24). The van der Waals surface area contributed by atoms with E-state index in [9.17, 15) is 29.4 Å². The third kappa shape index (κ3) is 11.0. The maximum atomic E-state index is 12.8. The molecule has 0 saturated heterocycles. The molecule has 13 heteroatoms. The normalized spacial score (nSPS) is 15.7. The van der Waals surface area contributed by atoms with Gasteiger partial charge in [-0.2, -0.15) is 0 Å². The first-order chi connectivity index (χ1) is 15.2. The van der Waals surface area contributed by atoms with Crippen molar-refractivity contribution in [1.29, 1.82) is 0 Å². The molecular formula is C20H39N7O6. The number of nitrogens with one attached hydrogen (secondary N) is 3. The molecule has 0 saturated carbocycles. The minimum absolute atomic E-state index is 0.0781. The van der Waals surface area contributed by atoms with Crippen molar-refractivity contribution >= 4 is 29.7 Å². The van der Waals surface area contributed by atoms with E-state index in [2.05, 4.69) is 20.9 Å². The Morgan fingerprint density at radius 1 is 0.818 bits per heavy atom. The second-order valence-corrected chi connectivity index (χ2v) is 8.58. The van der Waals surface area contributed by atoms with Gasteiger partial charge in [0.15, 0.2) is 5.96 Å². The zero-order valence-electron chi connectivity index (χ0n) is 19.9. The number of carbonyl (C=O) groups is 4. The lowest BCUT2D eigenvalue weighted by molar-refractivity contribution is -0.144. The summed E-state index contributed by atoms with van der Waals surface area (Å²) in [7, 11) is 0. The molecular weight excluding hydrogens is 434 g/mol. The average molecular weight is 474 g/mol. The molecule has 0 aliphatic carbocycles. The fourth-order valence-corrected chi connectivity index (χ4v) is 2.85. The molecule has 0 spiro atoms. The van der Waals surface area contributed by atoms with Gasteiger partial charge in [-0.15, -0.1) is 0 Å². The predicted molar refractivity (Wildman–Crippen MR) is 123 cm³/mol. The SMILES string of the molecule is CC(C)C(NC(=O)C(NC(=O)C(NC(=O)C(N)CCCN=C(N)N)C(C)O)C(C)C)C(=O)O. The van der Waals surface area contributed by atoms with Gasteiger partial charge in [-0.1, -0.05) is 27.7 Å². The van der Waals surface area contributed by atoms with Crippen LogP contribution in [-0.4, -0.2) is 76.7 Å². The van der Waals surface area contributed by atoms with E-state index in [1.165, 1.54) is 6.92 Å². The largest absolute Gasteiger partial charge is 0.480 e. The first kappa shape index (κ1) is 30.1. The minimum Gasteiger partial charge on any atom is -0.480 e. The lowest BCUT2D eigenvalue weighted by atomic mass is 9.99. The molecule has 13 nitrogen and oxygen atoms in total. The lowest BCUT2D eigenvalue weighted by Crippen LogP contribution is -2.61. The molecule has 0 aromatic rings. The molecule has 0 aliphatic heterocycles. The van der Waals surface area contributed by atoms with Gasteiger partial charge in [0.05, 0.1) is 12.1 Å². The fraction of sp³-hybridized carbons (Fsp3) is 0.750. The van der Waals surface area contributed by atoms with Crippen LogP contribution in [0.5, 0.6) is 0 Å². The van der Waals surface area contributed by atoms with E-state index in [1.54, 1.807) is 27.7 Å². The van der Waals surface area contributed by atoms with Crippen molar-refractivity contribution < 1.29 is 29.4 Å². The van der Waals surface area contributed by atoms with Crippen LogP contribution in [0.2, 0.25) is 0 Å². The maximum Gasteiger partial charge on any atom is 0.326 e. The van der Waals surface area contributed by atoms with Crippen molar-refractivity contribution in [2.45, 2.75) is 77.7 Å². The highest BCUT2D eigenvalue weighted by Gasteiger charge is 2.34. The first-order valence-corrected chi connectivity index (χ1v) is 10.8. The summed E-state index contributed by atoms with van der Waals surface area (Å²) in [4.78, 5) is 53.0. The number of carbonyl (C=O) groups excluding carboxylic acids is 3. The summed E-state index contributed by atoms with van der Waals surface area (Å²) in [6.07, 6.45) is -0.630. The van der Waals surface area contributed by atoms with Gasteiger partial charge in [-0.3, -0.25) is 19.4 Å². The van der Waals surface area contributed by atoms with E-state index in [-0.39, 0.29) is 24.8 Å². The summed E-state index contributed by atoms with van der Waals surface area (Å²) in [6.45, 7) is 8.19. The van der Waals surface area contributed by atoms with Crippen molar-refractivity contribution in [3.05, 3.63) is 0 Å². The van der Waals surface area contributed by atoms with Crippen LogP contribution < -0.4 is 33.2 Å². The first-order valence-electron chi connectivity index (χ1n) is 10.8. The molecule has 0 bridgehead atoms. The number of carboxylic acid groups (broad SMARTS) is 1. The average Bonchev–Trinajstić information content (AvgIpc) is 2.69. The second kappa shape index (κ2) is 14.3. The van der Waals surface area contributed by atoms with Crippen LogP contribution in [0.4, 0.5) is 0 Å². The third-order valence-corrected chi connectivity index (χ3v) is 4.84. The summed E-state index contributed by atoms with van der Waals surface area (Å²) in [6, 6.07) is -4.58. The Hall–Kier alpha value is -2.93. The number of hydrogen-bond donors (Lipinski definition) is 8. The van der Waals surface area contributed by atoms with E-state index in [0.717, 1.165) is 0 Å². The van der Waals surface area contributed by atoms with Crippen LogP contribution in [0.1, 0.15) is 47.5 Å². The van der Waals surface area contributed by atoms with Gasteiger partial charge in [0.2, 0.25) is 17.7 Å². The van der Waals surface area contributed by atoms with Crippen LogP contribution in [0.15, 0.2) is 4.99 Å². The number of aliphatic carboxylic acids is 1. The summed E-state index contributed by atoms with van der Waals surface area (Å²) in [5, 5.41) is 26.6. The molecule has 190 valence electrons. The Bertz CT molecular complexity index is 707. The Labute approximate surface area is 193 Å². The van der Waals surface area contributed by atoms with Crippen LogP contribution in [-0.2, 0) is 19.2 Å². The molecule has 3 amide bonds. The Morgan fingerprint density at radius 3 is 1.70 bits per heavy atom. The van der Waals surface area contributed by atoms with E-state index in [1.807, 2.05) is 0 Å². The van der Waals surface area contributed by atoms with Crippen LogP contribution in [0.3, 0.4) is 0 Å². The molecule has 11 N–H and O–H groups in total.